The maximum Gasteiger partial charge on any atom is 0.410 e. The summed E-state index contributed by atoms with van der Waals surface area (Å²) in [5.74, 6) is 0.836. The largest absolute Gasteiger partial charge is 0.444 e. The van der Waals surface area contributed by atoms with Crippen LogP contribution in [0, 0.1) is 0 Å². The van der Waals surface area contributed by atoms with Crippen LogP contribution in [0.1, 0.15) is 58.4 Å². The molecule has 1 aromatic heterocycles. The predicted molar refractivity (Wildman–Crippen MR) is 112 cm³/mol. The zero-order valence-electron chi connectivity index (χ0n) is 17.7. The second kappa shape index (κ2) is 10.9. The van der Waals surface area contributed by atoms with Gasteiger partial charge in [0.05, 0.1) is 6.54 Å². The number of hydrogen-bond donors (Lipinski definition) is 2. The highest BCUT2D eigenvalue weighted by molar-refractivity contribution is 5.79. The first-order chi connectivity index (χ1) is 13.4. The average molecular weight is 390 g/mol. The molecule has 1 heterocycles. The average Bonchev–Trinajstić information content (AvgIpc) is 3.15. The van der Waals surface area contributed by atoms with Gasteiger partial charge in [-0.3, -0.25) is 9.98 Å². The van der Waals surface area contributed by atoms with E-state index in [0.717, 1.165) is 24.5 Å². The van der Waals surface area contributed by atoms with Gasteiger partial charge in [0.15, 0.2) is 5.96 Å². The molecule has 1 amide bonds. The van der Waals surface area contributed by atoms with Gasteiger partial charge in [-0.05, 0) is 51.7 Å². The second-order valence-electron chi connectivity index (χ2n) is 8.24. The lowest BCUT2D eigenvalue weighted by Gasteiger charge is -2.27. The monoisotopic (exact) mass is 389 g/mol. The van der Waals surface area contributed by atoms with Crippen LogP contribution >= 0.6 is 0 Å². The normalized spacial score (nSPS) is 15.4. The first-order valence-corrected chi connectivity index (χ1v) is 10.2. The third-order valence-electron chi connectivity index (χ3n) is 4.56. The number of carbonyl (C=O) groups excluding carboxylic acids is 1. The van der Waals surface area contributed by atoms with Crippen LogP contribution in [0.5, 0.6) is 0 Å². The number of hydrogen-bond acceptors (Lipinski definition) is 4. The minimum atomic E-state index is -0.518. The zero-order chi connectivity index (χ0) is 20.4. The Kier molecular flexibility index (Phi) is 8.54. The first-order valence-electron chi connectivity index (χ1n) is 10.2. The smallest absolute Gasteiger partial charge is 0.410 e. The van der Waals surface area contributed by atoms with Crippen molar-refractivity contribution in [2.45, 2.75) is 71.1 Å². The van der Waals surface area contributed by atoms with Gasteiger partial charge in [-0.25, -0.2) is 4.79 Å². The molecule has 1 aliphatic rings. The van der Waals surface area contributed by atoms with Crippen molar-refractivity contribution in [3.63, 3.8) is 0 Å². The van der Waals surface area contributed by atoms with Crippen molar-refractivity contribution in [3.8, 4) is 0 Å². The second-order valence-corrected chi connectivity index (χ2v) is 8.24. The Labute approximate surface area is 169 Å². The molecule has 0 bridgehead atoms. The van der Waals surface area contributed by atoms with E-state index >= 15 is 0 Å². The fourth-order valence-electron chi connectivity index (χ4n) is 3.21. The van der Waals surface area contributed by atoms with Crippen LogP contribution in [0.2, 0.25) is 0 Å². The van der Waals surface area contributed by atoms with Crippen LogP contribution in [0.4, 0.5) is 4.79 Å². The van der Waals surface area contributed by atoms with Crippen LogP contribution in [0.3, 0.4) is 0 Å². The van der Waals surface area contributed by atoms with Crippen molar-refractivity contribution < 1.29 is 9.53 Å². The molecular weight excluding hydrogens is 354 g/mol. The van der Waals surface area contributed by atoms with Crippen molar-refractivity contribution in [1.29, 1.82) is 0 Å². The maximum atomic E-state index is 12.6. The highest BCUT2D eigenvalue weighted by Gasteiger charge is 2.22. The fraction of sp³-hybridized carbons (Fsp3) is 0.667. The minimum absolute atomic E-state index is 0.301. The molecule has 7 heteroatoms. The van der Waals surface area contributed by atoms with Gasteiger partial charge in [0.2, 0.25) is 0 Å². The van der Waals surface area contributed by atoms with E-state index in [2.05, 4.69) is 20.6 Å². The van der Waals surface area contributed by atoms with Gasteiger partial charge in [0, 0.05) is 38.6 Å². The Morgan fingerprint density at radius 1 is 1.36 bits per heavy atom. The number of rotatable bonds is 7. The van der Waals surface area contributed by atoms with E-state index < -0.39 is 5.60 Å². The maximum absolute atomic E-state index is 12.6. The highest BCUT2D eigenvalue weighted by Crippen LogP contribution is 2.17. The first kappa shape index (κ1) is 22.0. The van der Waals surface area contributed by atoms with E-state index in [4.69, 9.17) is 4.74 Å². The summed E-state index contributed by atoms with van der Waals surface area (Å²) < 4.78 is 5.57. The number of ether oxygens (including phenoxy) is 1. The Morgan fingerprint density at radius 2 is 2.11 bits per heavy atom. The molecule has 1 fully saturated rings. The lowest BCUT2D eigenvalue weighted by molar-refractivity contribution is 0.0232. The number of aromatic nitrogens is 1. The molecule has 1 aliphatic carbocycles. The third-order valence-corrected chi connectivity index (χ3v) is 4.56. The molecule has 28 heavy (non-hydrogen) atoms. The van der Waals surface area contributed by atoms with Crippen molar-refractivity contribution in [2.24, 2.45) is 4.99 Å². The van der Waals surface area contributed by atoms with E-state index in [9.17, 15) is 4.79 Å². The van der Waals surface area contributed by atoms with Crippen molar-refractivity contribution >= 4 is 12.1 Å². The van der Waals surface area contributed by atoms with Crippen LogP contribution in [0.15, 0.2) is 29.5 Å². The van der Waals surface area contributed by atoms with Gasteiger partial charge in [-0.15, -0.1) is 0 Å². The summed E-state index contributed by atoms with van der Waals surface area (Å²) in [4.78, 5) is 22.8. The highest BCUT2D eigenvalue weighted by atomic mass is 16.6. The molecule has 0 saturated heterocycles. The summed E-state index contributed by atoms with van der Waals surface area (Å²) in [7, 11) is 1.79. The summed E-state index contributed by atoms with van der Waals surface area (Å²) in [6, 6.07) is 4.37. The summed E-state index contributed by atoms with van der Waals surface area (Å²) in [5.41, 5.74) is 0.468. The third kappa shape index (κ3) is 8.15. The number of nitrogens with one attached hydrogen (secondary N) is 2. The molecule has 2 rings (SSSR count). The molecule has 7 nitrogen and oxygen atoms in total. The van der Waals surface area contributed by atoms with Crippen LogP contribution in [0.25, 0.3) is 0 Å². The van der Waals surface area contributed by atoms with Gasteiger partial charge >= 0.3 is 6.09 Å². The molecule has 0 atom stereocenters. The lowest BCUT2D eigenvalue weighted by atomic mass is 10.2. The molecule has 156 valence electrons. The summed E-state index contributed by atoms with van der Waals surface area (Å²) in [5, 5.41) is 6.82. The van der Waals surface area contributed by atoms with E-state index in [1.165, 1.54) is 25.7 Å². The number of carbonyl (C=O) groups is 1. The van der Waals surface area contributed by atoms with Crippen LogP contribution < -0.4 is 10.6 Å². The SMILES string of the molecule is CN=C(NCCCN(Cc1cccnc1)C(=O)OC(C)(C)C)NC1CCCC1. The standard InChI is InChI=1S/C21H35N5O2/c1-21(2,3)28-20(27)26(16-17-9-7-12-23-15-17)14-8-13-24-19(22-4)25-18-10-5-6-11-18/h7,9,12,15,18H,5-6,8,10-11,13-14,16H2,1-4H3,(H2,22,24,25). The number of guanidine groups is 1. The number of nitrogens with zero attached hydrogens (tertiary/aromatic N) is 3. The van der Waals surface area contributed by atoms with Crippen LogP contribution in [-0.4, -0.2) is 53.7 Å². The molecule has 0 radical (unpaired) electrons. The van der Waals surface area contributed by atoms with Gasteiger partial charge in [-0.1, -0.05) is 18.9 Å². The summed E-state index contributed by atoms with van der Waals surface area (Å²) in [6.07, 6.45) is 8.99. The molecule has 0 unspecified atom stereocenters. The van der Waals surface area contributed by atoms with Gasteiger partial charge < -0.3 is 20.3 Å². The summed E-state index contributed by atoms with van der Waals surface area (Å²) in [6.45, 7) is 7.46. The van der Waals surface area contributed by atoms with E-state index in [1.807, 2.05) is 32.9 Å². The lowest BCUT2D eigenvalue weighted by Crippen LogP contribution is -2.43. The number of aliphatic imine (C=N–C) groups is 1. The van der Waals surface area contributed by atoms with E-state index in [0.29, 0.717) is 19.1 Å². The molecule has 1 aromatic rings. The predicted octanol–water partition coefficient (Wildman–Crippen LogP) is 3.32. The Hall–Kier alpha value is -2.31. The van der Waals surface area contributed by atoms with Crippen molar-refractivity contribution in [1.82, 2.24) is 20.5 Å². The number of pyridine rings is 1. The summed E-state index contributed by atoms with van der Waals surface area (Å²) >= 11 is 0. The Balaban J connectivity index is 1.84. The van der Waals surface area contributed by atoms with Gasteiger partial charge in [-0.2, -0.15) is 0 Å². The van der Waals surface area contributed by atoms with Crippen LogP contribution in [-0.2, 0) is 11.3 Å². The van der Waals surface area contributed by atoms with Gasteiger partial charge in [0.1, 0.15) is 5.60 Å². The van der Waals surface area contributed by atoms with E-state index in [1.54, 1.807) is 24.3 Å². The van der Waals surface area contributed by atoms with Crippen molar-refractivity contribution in [2.75, 3.05) is 20.1 Å². The Morgan fingerprint density at radius 3 is 2.71 bits per heavy atom. The molecular formula is C21H35N5O2. The fourth-order valence-corrected chi connectivity index (χ4v) is 3.21. The quantitative estimate of drug-likeness (QED) is 0.425. The van der Waals surface area contributed by atoms with Gasteiger partial charge in [0.25, 0.3) is 0 Å². The minimum Gasteiger partial charge on any atom is -0.444 e. The van der Waals surface area contributed by atoms with Crippen molar-refractivity contribution in [3.05, 3.63) is 30.1 Å². The molecule has 0 spiro atoms. The van der Waals surface area contributed by atoms with E-state index in [-0.39, 0.29) is 6.09 Å². The molecule has 2 N–H and O–H groups in total. The number of amides is 1. The molecule has 0 aromatic carbocycles. The Bertz CT molecular complexity index is 621. The molecule has 0 aliphatic heterocycles. The molecule has 1 saturated carbocycles. The topological polar surface area (TPSA) is 78.9 Å². The zero-order valence-corrected chi connectivity index (χ0v) is 17.7.